The lowest BCUT2D eigenvalue weighted by Gasteiger charge is -2.53. The molecule has 2 aliphatic heterocycles. The number of aliphatic hydroxyl groups excluding tert-OH is 2. The van der Waals surface area contributed by atoms with E-state index in [1.165, 1.54) is 5.56 Å². The summed E-state index contributed by atoms with van der Waals surface area (Å²) in [6, 6.07) is 18.2. The van der Waals surface area contributed by atoms with Crippen molar-refractivity contribution < 1.29 is 19.7 Å². The van der Waals surface area contributed by atoms with Gasteiger partial charge in [0.05, 0.1) is 24.9 Å². The summed E-state index contributed by atoms with van der Waals surface area (Å²) in [5.74, 6) is 1.69. The van der Waals surface area contributed by atoms with Gasteiger partial charge in [-0.2, -0.15) is 0 Å². The molecule has 0 radical (unpaired) electrons. The number of ether oxygens (including phenoxy) is 2. The fourth-order valence-corrected chi connectivity index (χ4v) is 4.73. The van der Waals surface area contributed by atoms with Crippen LogP contribution in [0.15, 0.2) is 54.6 Å². The van der Waals surface area contributed by atoms with Crippen molar-refractivity contribution in [3.63, 3.8) is 0 Å². The zero-order valence-electron chi connectivity index (χ0n) is 16.3. The van der Waals surface area contributed by atoms with Crippen LogP contribution in [-0.2, 0) is 10.3 Å². The van der Waals surface area contributed by atoms with Crippen LogP contribution in [0.4, 0.5) is 0 Å². The van der Waals surface area contributed by atoms with Crippen molar-refractivity contribution in [3.8, 4) is 11.5 Å². The third-order valence-electron chi connectivity index (χ3n) is 6.57. The first kappa shape index (κ1) is 19.4. The first-order chi connectivity index (χ1) is 13.6. The van der Waals surface area contributed by atoms with Crippen molar-refractivity contribution in [3.05, 3.63) is 60.2 Å². The van der Waals surface area contributed by atoms with Crippen molar-refractivity contribution in [2.75, 3.05) is 13.2 Å². The Hall–Kier alpha value is -1.88. The third kappa shape index (κ3) is 4.09. The lowest BCUT2D eigenvalue weighted by molar-refractivity contribution is -0.192. The number of fused-ring (bicyclic) bond motifs is 3. The maximum Gasteiger partial charge on any atom is 0.127 e. The van der Waals surface area contributed by atoms with E-state index in [1.54, 1.807) is 0 Å². The molecule has 1 aliphatic carbocycles. The average Bonchev–Trinajstić information content (AvgIpc) is 2.76. The van der Waals surface area contributed by atoms with E-state index in [1.807, 2.05) is 36.4 Å². The Morgan fingerprint density at radius 2 is 1.71 bits per heavy atom. The van der Waals surface area contributed by atoms with Gasteiger partial charge in [0.2, 0.25) is 0 Å². The van der Waals surface area contributed by atoms with E-state index in [2.05, 4.69) is 18.2 Å². The number of benzene rings is 2. The van der Waals surface area contributed by atoms with Crippen LogP contribution in [0.3, 0.4) is 0 Å². The van der Waals surface area contributed by atoms with E-state index in [4.69, 9.17) is 14.6 Å². The predicted octanol–water partition coefficient (Wildman–Crippen LogP) is 4.79. The number of hydrogen-bond acceptors (Lipinski definition) is 4. The molecule has 3 aliphatic rings. The van der Waals surface area contributed by atoms with Gasteiger partial charge in [0, 0.05) is 0 Å². The van der Waals surface area contributed by atoms with E-state index in [0.717, 1.165) is 56.6 Å². The maximum atomic E-state index is 9.58. The van der Waals surface area contributed by atoms with Gasteiger partial charge >= 0.3 is 0 Å². The minimum Gasteiger partial charge on any atom is -0.457 e. The second kappa shape index (κ2) is 8.24. The van der Waals surface area contributed by atoms with Gasteiger partial charge in [0.1, 0.15) is 11.5 Å². The van der Waals surface area contributed by atoms with Gasteiger partial charge in [-0.15, -0.1) is 0 Å². The van der Waals surface area contributed by atoms with E-state index in [9.17, 15) is 5.11 Å². The monoisotopic (exact) mass is 382 g/mol. The quantitative estimate of drug-likeness (QED) is 0.689. The summed E-state index contributed by atoms with van der Waals surface area (Å²) >= 11 is 0. The van der Waals surface area contributed by atoms with Crippen LogP contribution >= 0.6 is 0 Å². The average molecular weight is 383 g/mol. The summed E-state index contributed by atoms with van der Waals surface area (Å²) in [7, 11) is 0. The molecule has 2 aromatic carbocycles. The molecule has 0 amide bonds. The highest BCUT2D eigenvalue weighted by Crippen LogP contribution is 2.55. The number of aliphatic hydroxyl groups is 2. The molecule has 2 heterocycles. The molecule has 1 unspecified atom stereocenters. The highest BCUT2D eigenvalue weighted by Gasteiger charge is 2.50. The lowest BCUT2D eigenvalue weighted by Crippen LogP contribution is -2.49. The van der Waals surface area contributed by atoms with Gasteiger partial charge in [0.15, 0.2) is 0 Å². The van der Waals surface area contributed by atoms with E-state index in [-0.39, 0.29) is 17.6 Å². The number of rotatable bonds is 8. The molecule has 4 heteroatoms. The van der Waals surface area contributed by atoms with Gasteiger partial charge in [-0.1, -0.05) is 36.8 Å². The largest absolute Gasteiger partial charge is 0.457 e. The minimum atomic E-state index is -0.587. The highest BCUT2D eigenvalue weighted by atomic mass is 16.5. The van der Waals surface area contributed by atoms with Crippen LogP contribution in [0, 0.1) is 5.41 Å². The van der Waals surface area contributed by atoms with Gasteiger partial charge < -0.3 is 19.7 Å². The lowest BCUT2D eigenvalue weighted by atomic mass is 9.62. The standard InChI is InChI=1S/C24H30O4/c25-17-20(26)7-5-11-23-12-14-24(15-13-23,27-18-23)19-6-4-10-22(16-19)28-21-8-2-1-3-9-21/h1-4,6,8-10,16,20,25-26H,5,7,11-15,17-18H2. The third-order valence-corrected chi connectivity index (χ3v) is 6.57. The second-order valence-corrected chi connectivity index (χ2v) is 8.45. The number of para-hydroxylation sites is 1. The van der Waals surface area contributed by atoms with Crippen LogP contribution in [0.2, 0.25) is 0 Å². The molecular weight excluding hydrogens is 352 g/mol. The molecule has 4 nitrogen and oxygen atoms in total. The molecule has 3 fully saturated rings. The van der Waals surface area contributed by atoms with E-state index in [0.29, 0.717) is 6.42 Å². The Kier molecular flexibility index (Phi) is 5.72. The first-order valence-corrected chi connectivity index (χ1v) is 10.4. The molecule has 2 aromatic rings. The van der Waals surface area contributed by atoms with Gasteiger partial charge in [0.25, 0.3) is 0 Å². The molecule has 1 atom stereocenters. The summed E-state index contributed by atoms with van der Waals surface area (Å²) in [6.45, 7) is 0.639. The van der Waals surface area contributed by atoms with Crippen molar-refractivity contribution in [2.45, 2.75) is 56.7 Å². The Morgan fingerprint density at radius 3 is 2.39 bits per heavy atom. The topological polar surface area (TPSA) is 58.9 Å². The van der Waals surface area contributed by atoms with Crippen molar-refractivity contribution in [1.29, 1.82) is 0 Å². The summed E-state index contributed by atoms with van der Waals surface area (Å²) < 4.78 is 12.5. The Balaban J connectivity index is 1.41. The van der Waals surface area contributed by atoms with Crippen molar-refractivity contribution in [2.24, 2.45) is 5.41 Å². The Morgan fingerprint density at radius 1 is 0.964 bits per heavy atom. The Bertz CT molecular complexity index is 749. The molecule has 1 saturated carbocycles. The van der Waals surface area contributed by atoms with Crippen LogP contribution < -0.4 is 4.74 Å². The van der Waals surface area contributed by atoms with Gasteiger partial charge in [-0.25, -0.2) is 0 Å². The molecule has 0 aromatic heterocycles. The fraction of sp³-hybridized carbons (Fsp3) is 0.500. The first-order valence-electron chi connectivity index (χ1n) is 10.4. The molecule has 2 saturated heterocycles. The fourth-order valence-electron chi connectivity index (χ4n) is 4.73. The van der Waals surface area contributed by atoms with Crippen LogP contribution in [0.5, 0.6) is 11.5 Å². The smallest absolute Gasteiger partial charge is 0.127 e. The van der Waals surface area contributed by atoms with E-state index >= 15 is 0 Å². The molecule has 5 rings (SSSR count). The van der Waals surface area contributed by atoms with Crippen LogP contribution in [0.25, 0.3) is 0 Å². The molecule has 150 valence electrons. The Labute approximate surface area is 167 Å². The van der Waals surface area contributed by atoms with Crippen LogP contribution in [0.1, 0.15) is 50.5 Å². The zero-order chi connectivity index (χ0) is 19.5. The molecule has 28 heavy (non-hydrogen) atoms. The molecular formula is C24H30O4. The summed E-state index contributed by atoms with van der Waals surface area (Å²) in [5.41, 5.74) is 1.27. The van der Waals surface area contributed by atoms with Gasteiger partial charge in [-0.05, 0) is 73.8 Å². The van der Waals surface area contributed by atoms with Gasteiger partial charge in [-0.3, -0.25) is 0 Å². The summed E-state index contributed by atoms with van der Waals surface area (Å²) in [4.78, 5) is 0. The van der Waals surface area contributed by atoms with Crippen molar-refractivity contribution in [1.82, 2.24) is 0 Å². The normalized spacial score (nSPS) is 27.5. The summed E-state index contributed by atoms with van der Waals surface area (Å²) in [6.07, 6.45) is 6.47. The molecule has 2 bridgehead atoms. The summed E-state index contributed by atoms with van der Waals surface area (Å²) in [5, 5.41) is 18.6. The SMILES string of the molecule is OCC(O)CCCC12CCC(c3cccc(Oc4ccccc4)c3)(CC1)OC2. The predicted molar refractivity (Wildman–Crippen MR) is 108 cm³/mol. The highest BCUT2D eigenvalue weighted by molar-refractivity contribution is 5.37. The zero-order valence-corrected chi connectivity index (χ0v) is 16.3. The maximum absolute atomic E-state index is 9.58. The number of hydrogen-bond donors (Lipinski definition) is 2. The second-order valence-electron chi connectivity index (χ2n) is 8.45. The molecule has 2 N–H and O–H groups in total. The molecule has 0 spiro atoms. The minimum absolute atomic E-state index is 0.145. The van der Waals surface area contributed by atoms with E-state index < -0.39 is 6.10 Å². The van der Waals surface area contributed by atoms with Crippen LogP contribution in [-0.4, -0.2) is 29.5 Å². The van der Waals surface area contributed by atoms with Crippen molar-refractivity contribution >= 4 is 0 Å².